The van der Waals surface area contributed by atoms with Crippen LogP contribution < -0.4 is 10.1 Å². The summed E-state index contributed by atoms with van der Waals surface area (Å²) in [4.78, 5) is 9.99. The maximum absolute atomic E-state index is 10.7. The molecule has 0 spiro atoms. The summed E-state index contributed by atoms with van der Waals surface area (Å²) in [6.45, 7) is 9.25. The van der Waals surface area contributed by atoms with Gasteiger partial charge in [0.25, 0.3) is 0 Å². The van der Waals surface area contributed by atoms with Crippen LogP contribution in [0.5, 0.6) is 5.75 Å². The van der Waals surface area contributed by atoms with Gasteiger partial charge in [0.05, 0.1) is 29.8 Å². The molecule has 1 aliphatic carbocycles. The fraction of sp³-hybridized carbons (Fsp3) is 0.583. The van der Waals surface area contributed by atoms with Crippen LogP contribution in [0.15, 0.2) is 12.1 Å². The highest BCUT2D eigenvalue weighted by Gasteiger charge is 2.33. The van der Waals surface area contributed by atoms with Crippen molar-refractivity contribution in [3.63, 3.8) is 0 Å². The number of nitrogens with one attached hydrogen (secondary N) is 1. The first-order valence-electron chi connectivity index (χ1n) is 11.0. The maximum Gasteiger partial charge on any atom is 0.148 e. The fourth-order valence-electron chi connectivity index (χ4n) is 4.14. The van der Waals surface area contributed by atoms with Crippen LogP contribution in [0.1, 0.15) is 75.9 Å². The number of fused-ring (bicyclic) bond motifs is 1. The van der Waals surface area contributed by atoms with E-state index >= 15 is 0 Å². The summed E-state index contributed by atoms with van der Waals surface area (Å²) in [5, 5.41) is 14.2. The minimum atomic E-state index is -0.790. The van der Waals surface area contributed by atoms with Crippen molar-refractivity contribution >= 4 is 5.82 Å². The third kappa shape index (κ3) is 4.40. The number of unbranched alkanes of at least 4 members (excludes halogenated alkanes) is 2. The fourth-order valence-corrected chi connectivity index (χ4v) is 4.14. The van der Waals surface area contributed by atoms with E-state index in [2.05, 4.69) is 32.2 Å². The van der Waals surface area contributed by atoms with E-state index in [0.717, 1.165) is 78.4 Å². The average molecular weight is 398 g/mol. The summed E-state index contributed by atoms with van der Waals surface area (Å²) < 4.78 is 5.72. The molecule has 1 aromatic heterocycles. The van der Waals surface area contributed by atoms with Crippen LogP contribution >= 0.6 is 0 Å². The molecule has 0 bridgehead atoms. The number of hydrogen-bond donors (Lipinski definition) is 2. The Morgan fingerprint density at radius 1 is 1.10 bits per heavy atom. The van der Waals surface area contributed by atoms with Gasteiger partial charge in [0.2, 0.25) is 0 Å². The van der Waals surface area contributed by atoms with Crippen LogP contribution in [0, 0.1) is 0 Å². The van der Waals surface area contributed by atoms with Gasteiger partial charge >= 0.3 is 0 Å². The van der Waals surface area contributed by atoms with E-state index in [1.165, 1.54) is 18.4 Å². The highest BCUT2D eigenvalue weighted by molar-refractivity contribution is 5.73. The van der Waals surface area contributed by atoms with Crippen molar-refractivity contribution in [2.75, 3.05) is 19.0 Å². The van der Waals surface area contributed by atoms with Crippen molar-refractivity contribution in [3.05, 3.63) is 34.6 Å². The molecule has 0 saturated heterocycles. The number of methoxy groups -OCH3 is 1. The van der Waals surface area contributed by atoms with Crippen molar-refractivity contribution < 1.29 is 9.84 Å². The first kappa shape index (κ1) is 21.6. The van der Waals surface area contributed by atoms with Gasteiger partial charge in [0.1, 0.15) is 11.6 Å². The highest BCUT2D eigenvalue weighted by atomic mass is 16.5. The quantitative estimate of drug-likeness (QED) is 0.581. The topological polar surface area (TPSA) is 67.3 Å². The molecule has 2 N–H and O–H groups in total. The Kier molecular flexibility index (Phi) is 6.78. The summed E-state index contributed by atoms with van der Waals surface area (Å²) in [5.74, 6) is 1.66. The molecule has 0 aliphatic heterocycles. The molecule has 2 aromatic rings. The van der Waals surface area contributed by atoms with Crippen molar-refractivity contribution in [2.45, 2.75) is 78.2 Å². The lowest BCUT2D eigenvalue weighted by molar-refractivity contribution is 0.0593. The van der Waals surface area contributed by atoms with E-state index < -0.39 is 5.60 Å². The smallest absolute Gasteiger partial charge is 0.148 e. The molecule has 158 valence electrons. The minimum absolute atomic E-state index is 0.738. The number of benzene rings is 1. The Hall–Kier alpha value is -2.14. The highest BCUT2D eigenvalue weighted by Crippen LogP contribution is 2.43. The molecule has 1 unspecified atom stereocenters. The van der Waals surface area contributed by atoms with E-state index in [0.29, 0.717) is 0 Å². The molecule has 0 radical (unpaired) electrons. The number of aryl methyl sites for hydroxylation is 3. The zero-order valence-corrected chi connectivity index (χ0v) is 18.6. The molecule has 1 atom stereocenters. The van der Waals surface area contributed by atoms with Crippen molar-refractivity contribution in [1.29, 1.82) is 0 Å². The van der Waals surface area contributed by atoms with Crippen LogP contribution in [0.3, 0.4) is 0 Å². The number of aromatic nitrogens is 2. The summed E-state index contributed by atoms with van der Waals surface area (Å²) in [6.07, 6.45) is 6.79. The predicted molar refractivity (Wildman–Crippen MR) is 119 cm³/mol. The van der Waals surface area contributed by atoms with Crippen LogP contribution in [0.2, 0.25) is 0 Å². The van der Waals surface area contributed by atoms with Gasteiger partial charge in [-0.3, -0.25) is 0 Å². The van der Waals surface area contributed by atoms with Crippen molar-refractivity contribution in [3.8, 4) is 17.0 Å². The van der Waals surface area contributed by atoms with Crippen LogP contribution in [0.4, 0.5) is 5.82 Å². The second kappa shape index (κ2) is 9.12. The lowest BCUT2D eigenvalue weighted by Gasteiger charge is -2.20. The summed E-state index contributed by atoms with van der Waals surface area (Å²) in [6, 6.07) is 4.13. The molecule has 5 heteroatoms. The molecule has 29 heavy (non-hydrogen) atoms. The standard InChI is InChI=1S/C24H35N3O2/c1-6-9-10-13-25-23-20(8-3)26-22(19(7-2)27-23)17-14-16-11-12-24(4,28)18(16)15-21(17)29-5/h14-15,28H,6-13H2,1-5H3,(H,25,27). The second-order valence-electron chi connectivity index (χ2n) is 8.14. The summed E-state index contributed by atoms with van der Waals surface area (Å²) in [5.41, 5.74) is 5.19. The van der Waals surface area contributed by atoms with Crippen LogP contribution in [-0.4, -0.2) is 28.7 Å². The SMILES string of the molecule is CCCCCNc1nc(CC)c(-c2cc3c(cc2OC)C(C)(O)CC3)nc1CC. The maximum atomic E-state index is 10.7. The normalized spacial score (nSPS) is 18.0. The average Bonchev–Trinajstić information content (AvgIpc) is 3.03. The van der Waals surface area contributed by atoms with Gasteiger partial charge in [-0.15, -0.1) is 0 Å². The Bertz CT molecular complexity index is 862. The molecule has 3 rings (SSSR count). The molecule has 1 aromatic carbocycles. The molecule has 5 nitrogen and oxygen atoms in total. The predicted octanol–water partition coefficient (Wildman–Crippen LogP) is 5.03. The number of anilines is 1. The van der Waals surface area contributed by atoms with E-state index in [-0.39, 0.29) is 0 Å². The number of hydrogen-bond acceptors (Lipinski definition) is 5. The molecule has 1 aliphatic rings. The molecule has 0 fully saturated rings. The van der Waals surface area contributed by atoms with E-state index in [1.807, 2.05) is 13.0 Å². The van der Waals surface area contributed by atoms with Gasteiger partial charge in [-0.2, -0.15) is 0 Å². The van der Waals surface area contributed by atoms with E-state index in [4.69, 9.17) is 14.7 Å². The van der Waals surface area contributed by atoms with E-state index in [1.54, 1.807) is 7.11 Å². The number of nitrogens with zero attached hydrogens (tertiary/aromatic N) is 2. The van der Waals surface area contributed by atoms with Crippen molar-refractivity contribution in [1.82, 2.24) is 9.97 Å². The number of rotatable bonds is 9. The Balaban J connectivity index is 2.04. The summed E-state index contributed by atoms with van der Waals surface area (Å²) >= 11 is 0. The van der Waals surface area contributed by atoms with E-state index in [9.17, 15) is 5.11 Å². The molecule has 1 heterocycles. The zero-order chi connectivity index (χ0) is 21.0. The Morgan fingerprint density at radius 3 is 2.52 bits per heavy atom. The largest absolute Gasteiger partial charge is 0.496 e. The van der Waals surface area contributed by atoms with Gasteiger partial charge in [-0.05, 0) is 62.3 Å². The van der Waals surface area contributed by atoms with Gasteiger partial charge < -0.3 is 15.2 Å². The Morgan fingerprint density at radius 2 is 1.86 bits per heavy atom. The lowest BCUT2D eigenvalue weighted by Crippen LogP contribution is -2.16. The number of ether oxygens (including phenoxy) is 1. The first-order valence-corrected chi connectivity index (χ1v) is 11.0. The molecular formula is C24H35N3O2. The van der Waals surface area contributed by atoms with Crippen molar-refractivity contribution in [2.24, 2.45) is 0 Å². The zero-order valence-electron chi connectivity index (χ0n) is 18.6. The first-order chi connectivity index (χ1) is 13.9. The third-order valence-corrected chi connectivity index (χ3v) is 5.92. The molecular weight excluding hydrogens is 362 g/mol. The minimum Gasteiger partial charge on any atom is -0.496 e. The van der Waals surface area contributed by atoms with Crippen LogP contribution in [-0.2, 0) is 24.9 Å². The lowest BCUT2D eigenvalue weighted by atomic mass is 9.95. The number of aliphatic hydroxyl groups is 1. The van der Waals surface area contributed by atoms with Gasteiger partial charge in [-0.25, -0.2) is 9.97 Å². The van der Waals surface area contributed by atoms with Gasteiger partial charge in [-0.1, -0.05) is 33.6 Å². The second-order valence-corrected chi connectivity index (χ2v) is 8.14. The van der Waals surface area contributed by atoms with Gasteiger partial charge in [0.15, 0.2) is 0 Å². The Labute approximate surface area is 174 Å². The monoisotopic (exact) mass is 397 g/mol. The molecule has 0 saturated carbocycles. The summed E-state index contributed by atoms with van der Waals surface area (Å²) in [7, 11) is 1.68. The van der Waals surface area contributed by atoms with Gasteiger partial charge in [0, 0.05) is 12.1 Å². The van der Waals surface area contributed by atoms with Crippen LogP contribution in [0.25, 0.3) is 11.3 Å². The molecule has 0 amide bonds. The third-order valence-electron chi connectivity index (χ3n) is 5.92.